The number of carboxylic acid groups (broad SMARTS) is 1. The molecule has 1 amide bonds. The lowest BCUT2D eigenvalue weighted by molar-refractivity contribution is 0.124. The van der Waals surface area contributed by atoms with Crippen LogP contribution in [0.4, 0.5) is 4.79 Å². The molecule has 0 bridgehead atoms. The number of aromatic amines is 1. The van der Waals surface area contributed by atoms with Crippen molar-refractivity contribution in [3.63, 3.8) is 0 Å². The van der Waals surface area contributed by atoms with E-state index in [2.05, 4.69) is 4.98 Å². The number of hydrogen-bond acceptors (Lipinski definition) is 3. The van der Waals surface area contributed by atoms with Crippen LogP contribution in [0.1, 0.15) is 18.5 Å². The first-order valence-corrected chi connectivity index (χ1v) is 6.43. The van der Waals surface area contributed by atoms with Crippen LogP contribution in [0.15, 0.2) is 18.3 Å². The molecule has 6 heteroatoms. The summed E-state index contributed by atoms with van der Waals surface area (Å²) in [5, 5.41) is 10.3. The Labute approximate surface area is 115 Å². The maximum Gasteiger partial charge on any atom is 0.407 e. The van der Waals surface area contributed by atoms with Gasteiger partial charge in [0.05, 0.1) is 19.7 Å². The standard InChI is InChI=1S/C14H16N2O4/c1-8-12-9-3-4-15-10(9)7-11(19-2)13(12)20-6-5-16(8)14(17)18/h3-4,7-8,15H,5-6H2,1-2H3,(H,17,18). The van der Waals surface area contributed by atoms with E-state index in [1.807, 2.05) is 25.3 Å². The summed E-state index contributed by atoms with van der Waals surface area (Å²) in [5.74, 6) is 1.25. The highest BCUT2D eigenvalue weighted by Gasteiger charge is 2.30. The highest BCUT2D eigenvalue weighted by molar-refractivity contribution is 5.89. The zero-order valence-corrected chi connectivity index (χ0v) is 11.3. The molecule has 6 nitrogen and oxygen atoms in total. The van der Waals surface area contributed by atoms with Crippen molar-refractivity contribution in [1.29, 1.82) is 0 Å². The van der Waals surface area contributed by atoms with Crippen LogP contribution >= 0.6 is 0 Å². The van der Waals surface area contributed by atoms with Crippen molar-refractivity contribution in [2.24, 2.45) is 0 Å². The van der Waals surface area contributed by atoms with Crippen LogP contribution in [0.3, 0.4) is 0 Å². The summed E-state index contributed by atoms with van der Waals surface area (Å²) in [6.45, 7) is 2.52. The normalized spacial score (nSPS) is 18.3. The lowest BCUT2D eigenvalue weighted by atomic mass is 10.0. The first-order chi connectivity index (χ1) is 9.63. The first kappa shape index (κ1) is 12.7. The Kier molecular flexibility index (Phi) is 2.93. The van der Waals surface area contributed by atoms with E-state index in [0.717, 1.165) is 16.5 Å². The number of rotatable bonds is 1. The van der Waals surface area contributed by atoms with Crippen molar-refractivity contribution in [2.75, 3.05) is 20.3 Å². The van der Waals surface area contributed by atoms with E-state index < -0.39 is 6.09 Å². The van der Waals surface area contributed by atoms with Gasteiger partial charge in [-0.25, -0.2) is 4.79 Å². The van der Waals surface area contributed by atoms with Crippen molar-refractivity contribution in [3.05, 3.63) is 23.9 Å². The summed E-state index contributed by atoms with van der Waals surface area (Å²) < 4.78 is 11.1. The Morgan fingerprint density at radius 2 is 2.40 bits per heavy atom. The average molecular weight is 276 g/mol. The Morgan fingerprint density at radius 3 is 3.10 bits per heavy atom. The van der Waals surface area contributed by atoms with Crippen LogP contribution in [0.25, 0.3) is 10.9 Å². The molecule has 106 valence electrons. The number of ether oxygens (including phenoxy) is 2. The topological polar surface area (TPSA) is 74.8 Å². The van der Waals surface area contributed by atoms with Crippen molar-refractivity contribution < 1.29 is 19.4 Å². The van der Waals surface area contributed by atoms with Crippen LogP contribution in [-0.4, -0.2) is 41.3 Å². The lowest BCUT2D eigenvalue weighted by Crippen LogP contribution is -2.33. The van der Waals surface area contributed by atoms with Crippen molar-refractivity contribution in [3.8, 4) is 11.5 Å². The summed E-state index contributed by atoms with van der Waals surface area (Å²) >= 11 is 0. The van der Waals surface area contributed by atoms with Crippen LogP contribution in [0.2, 0.25) is 0 Å². The summed E-state index contributed by atoms with van der Waals surface area (Å²) in [4.78, 5) is 15.9. The van der Waals surface area contributed by atoms with Gasteiger partial charge in [-0.1, -0.05) is 0 Å². The summed E-state index contributed by atoms with van der Waals surface area (Å²) in [7, 11) is 1.58. The van der Waals surface area contributed by atoms with Crippen molar-refractivity contribution >= 4 is 17.0 Å². The molecule has 0 spiro atoms. The number of amides is 1. The molecule has 0 fully saturated rings. The Morgan fingerprint density at radius 1 is 1.60 bits per heavy atom. The second kappa shape index (κ2) is 4.63. The van der Waals surface area contributed by atoms with E-state index in [1.54, 1.807) is 7.11 Å². The number of fused-ring (bicyclic) bond motifs is 3. The molecule has 2 N–H and O–H groups in total. The van der Waals surface area contributed by atoms with Crippen molar-refractivity contribution in [1.82, 2.24) is 9.88 Å². The molecule has 0 radical (unpaired) electrons. The molecule has 0 saturated carbocycles. The molecule has 1 atom stereocenters. The largest absolute Gasteiger partial charge is 0.493 e. The zero-order chi connectivity index (χ0) is 14.3. The minimum atomic E-state index is -0.944. The van der Waals surface area contributed by atoms with Crippen molar-refractivity contribution in [2.45, 2.75) is 13.0 Å². The predicted octanol–water partition coefficient (Wildman–Crippen LogP) is 2.61. The molecule has 1 aromatic carbocycles. The molecule has 1 aliphatic rings. The van der Waals surface area contributed by atoms with Gasteiger partial charge >= 0.3 is 6.09 Å². The molecule has 2 heterocycles. The third-order valence-corrected chi connectivity index (χ3v) is 3.74. The Hall–Kier alpha value is -2.37. The third-order valence-electron chi connectivity index (χ3n) is 3.74. The van der Waals surface area contributed by atoms with Crippen LogP contribution < -0.4 is 9.47 Å². The van der Waals surface area contributed by atoms with Gasteiger partial charge in [-0.3, -0.25) is 4.90 Å². The monoisotopic (exact) mass is 276 g/mol. The number of nitrogens with zero attached hydrogens (tertiary/aromatic N) is 1. The highest BCUT2D eigenvalue weighted by atomic mass is 16.5. The first-order valence-electron chi connectivity index (χ1n) is 6.43. The van der Waals surface area contributed by atoms with E-state index in [9.17, 15) is 9.90 Å². The van der Waals surface area contributed by atoms with Crippen LogP contribution in [0.5, 0.6) is 11.5 Å². The fourth-order valence-corrected chi connectivity index (χ4v) is 2.76. The van der Waals surface area contributed by atoms with Gasteiger partial charge in [0.25, 0.3) is 0 Å². The van der Waals surface area contributed by atoms with E-state index in [-0.39, 0.29) is 6.04 Å². The van der Waals surface area contributed by atoms with Gasteiger partial charge in [-0.2, -0.15) is 0 Å². The smallest absolute Gasteiger partial charge is 0.407 e. The predicted molar refractivity (Wildman–Crippen MR) is 73.5 cm³/mol. The number of H-pyrrole nitrogens is 1. The van der Waals surface area contributed by atoms with Gasteiger partial charge in [0, 0.05) is 28.7 Å². The van der Waals surface area contributed by atoms with Gasteiger partial charge in [0.15, 0.2) is 11.5 Å². The highest BCUT2D eigenvalue weighted by Crippen LogP contribution is 2.43. The summed E-state index contributed by atoms with van der Waals surface area (Å²) in [5.41, 5.74) is 1.75. The number of hydrogen-bond donors (Lipinski definition) is 2. The minimum absolute atomic E-state index is 0.293. The maximum atomic E-state index is 11.4. The summed E-state index contributed by atoms with van der Waals surface area (Å²) in [6, 6.07) is 3.51. The lowest BCUT2D eigenvalue weighted by Gasteiger charge is -2.24. The zero-order valence-electron chi connectivity index (χ0n) is 11.3. The molecule has 2 aromatic rings. The van der Waals surface area contributed by atoms with Crippen LogP contribution in [-0.2, 0) is 0 Å². The number of methoxy groups -OCH3 is 1. The maximum absolute atomic E-state index is 11.4. The SMILES string of the molecule is COc1cc2[nH]ccc2c2c1OCCN(C(=O)O)C2C. The molecule has 3 rings (SSSR count). The quantitative estimate of drug-likeness (QED) is 0.839. The van der Waals surface area contributed by atoms with Gasteiger partial charge in [-0.15, -0.1) is 0 Å². The molecular formula is C14H16N2O4. The number of carbonyl (C=O) groups is 1. The molecular weight excluding hydrogens is 260 g/mol. The number of nitrogens with one attached hydrogen (secondary N) is 1. The second-order valence-electron chi connectivity index (χ2n) is 4.76. The summed E-state index contributed by atoms with van der Waals surface area (Å²) in [6.07, 6.45) is 0.882. The van der Waals surface area contributed by atoms with E-state index in [1.165, 1.54) is 4.90 Å². The average Bonchev–Trinajstić information content (AvgIpc) is 2.81. The molecule has 1 aromatic heterocycles. The molecule has 1 unspecified atom stereocenters. The van der Waals surface area contributed by atoms with Gasteiger partial charge in [0.2, 0.25) is 0 Å². The van der Waals surface area contributed by atoms with Gasteiger partial charge in [0.1, 0.15) is 6.61 Å². The Balaban J connectivity index is 2.27. The molecule has 0 saturated heterocycles. The van der Waals surface area contributed by atoms with E-state index >= 15 is 0 Å². The van der Waals surface area contributed by atoms with Gasteiger partial charge < -0.3 is 19.6 Å². The number of benzene rings is 1. The number of aromatic nitrogens is 1. The molecule has 1 aliphatic heterocycles. The van der Waals surface area contributed by atoms with Gasteiger partial charge in [-0.05, 0) is 13.0 Å². The fraction of sp³-hybridized carbons (Fsp3) is 0.357. The Bertz CT molecular complexity index is 664. The van der Waals surface area contributed by atoms with E-state index in [0.29, 0.717) is 24.7 Å². The fourth-order valence-electron chi connectivity index (χ4n) is 2.76. The third kappa shape index (κ3) is 1.76. The van der Waals surface area contributed by atoms with Crippen LogP contribution in [0, 0.1) is 0 Å². The molecule has 0 aliphatic carbocycles. The second-order valence-corrected chi connectivity index (χ2v) is 4.76. The van der Waals surface area contributed by atoms with E-state index in [4.69, 9.17) is 9.47 Å². The minimum Gasteiger partial charge on any atom is -0.493 e. The molecule has 20 heavy (non-hydrogen) atoms.